The van der Waals surface area contributed by atoms with Gasteiger partial charge >= 0.3 is 0 Å². The van der Waals surface area contributed by atoms with E-state index in [0.717, 1.165) is 0 Å². The standard InChI is InChI=1S/C10H9BrN4O/c1-15-8(4-6-13-15)14-10(16)7-3-2-5-12-9(7)11/h2-6H,1H3,(H,14,16). The van der Waals surface area contributed by atoms with Crippen molar-refractivity contribution in [3.8, 4) is 0 Å². The molecule has 2 aromatic rings. The first-order chi connectivity index (χ1) is 7.68. The second kappa shape index (κ2) is 4.44. The van der Waals surface area contributed by atoms with Crippen molar-refractivity contribution in [2.24, 2.45) is 7.05 Å². The molecule has 0 saturated carbocycles. The van der Waals surface area contributed by atoms with Gasteiger partial charge in [-0.2, -0.15) is 5.10 Å². The van der Waals surface area contributed by atoms with Crippen LogP contribution in [0.5, 0.6) is 0 Å². The molecule has 0 aliphatic heterocycles. The van der Waals surface area contributed by atoms with Crippen LogP contribution in [0.3, 0.4) is 0 Å². The smallest absolute Gasteiger partial charge is 0.259 e. The molecule has 1 N–H and O–H groups in total. The Bertz CT molecular complexity index is 523. The number of carbonyl (C=O) groups is 1. The van der Waals surface area contributed by atoms with Gasteiger partial charge in [-0.1, -0.05) is 0 Å². The number of hydrogen-bond acceptors (Lipinski definition) is 3. The Balaban J connectivity index is 2.22. The molecule has 0 aromatic carbocycles. The highest BCUT2D eigenvalue weighted by Crippen LogP contribution is 2.14. The molecule has 0 unspecified atom stereocenters. The molecule has 2 aromatic heterocycles. The van der Waals surface area contributed by atoms with Crippen LogP contribution in [0.25, 0.3) is 0 Å². The molecule has 2 rings (SSSR count). The number of nitrogens with one attached hydrogen (secondary N) is 1. The van der Waals surface area contributed by atoms with Crippen LogP contribution in [0.1, 0.15) is 10.4 Å². The number of amides is 1. The fraction of sp³-hybridized carbons (Fsp3) is 0.100. The van der Waals surface area contributed by atoms with Crippen LogP contribution >= 0.6 is 15.9 Å². The maximum absolute atomic E-state index is 11.9. The highest BCUT2D eigenvalue weighted by Gasteiger charge is 2.11. The Morgan fingerprint density at radius 1 is 1.44 bits per heavy atom. The zero-order valence-electron chi connectivity index (χ0n) is 8.51. The number of nitrogens with zero attached hydrogens (tertiary/aromatic N) is 3. The lowest BCUT2D eigenvalue weighted by Gasteiger charge is -2.05. The molecule has 0 saturated heterocycles. The number of hydrogen-bond donors (Lipinski definition) is 1. The van der Waals surface area contributed by atoms with Crippen LogP contribution in [-0.2, 0) is 7.05 Å². The third-order valence-electron chi connectivity index (χ3n) is 2.07. The van der Waals surface area contributed by atoms with Crippen molar-refractivity contribution in [3.05, 3.63) is 40.8 Å². The Morgan fingerprint density at radius 3 is 2.88 bits per heavy atom. The predicted octanol–water partition coefficient (Wildman–Crippen LogP) is 1.83. The molecule has 1 amide bonds. The molecule has 0 atom stereocenters. The lowest BCUT2D eigenvalue weighted by molar-refractivity contribution is 0.102. The summed E-state index contributed by atoms with van der Waals surface area (Å²) < 4.78 is 2.11. The van der Waals surface area contributed by atoms with Gasteiger partial charge in [-0.25, -0.2) is 4.98 Å². The molecule has 0 bridgehead atoms. The van der Waals surface area contributed by atoms with Crippen molar-refractivity contribution < 1.29 is 4.79 Å². The van der Waals surface area contributed by atoms with E-state index < -0.39 is 0 Å². The van der Waals surface area contributed by atoms with Crippen molar-refractivity contribution in [1.29, 1.82) is 0 Å². The van der Waals surface area contributed by atoms with Crippen LogP contribution in [0, 0.1) is 0 Å². The van der Waals surface area contributed by atoms with Gasteiger partial charge in [0.2, 0.25) is 0 Å². The van der Waals surface area contributed by atoms with Gasteiger partial charge in [0.25, 0.3) is 5.91 Å². The minimum atomic E-state index is -0.219. The fourth-order valence-electron chi connectivity index (χ4n) is 1.24. The van der Waals surface area contributed by atoms with Gasteiger partial charge in [0.05, 0.1) is 11.8 Å². The van der Waals surface area contributed by atoms with Gasteiger partial charge in [0.15, 0.2) is 0 Å². The van der Waals surface area contributed by atoms with E-state index in [1.807, 2.05) is 0 Å². The maximum atomic E-state index is 11.9. The zero-order chi connectivity index (χ0) is 11.5. The molecule has 6 heteroatoms. The first kappa shape index (κ1) is 10.8. The highest BCUT2D eigenvalue weighted by molar-refractivity contribution is 9.10. The van der Waals surface area contributed by atoms with E-state index >= 15 is 0 Å². The van der Waals surface area contributed by atoms with E-state index in [2.05, 4.69) is 31.3 Å². The number of halogens is 1. The van der Waals surface area contributed by atoms with Crippen molar-refractivity contribution in [1.82, 2.24) is 14.8 Å². The molecule has 82 valence electrons. The summed E-state index contributed by atoms with van der Waals surface area (Å²) >= 11 is 3.23. The molecule has 0 fully saturated rings. The second-order valence-corrected chi connectivity index (χ2v) is 3.89. The van der Waals surface area contributed by atoms with Gasteiger partial charge in [-0.15, -0.1) is 0 Å². The second-order valence-electron chi connectivity index (χ2n) is 3.14. The van der Waals surface area contributed by atoms with Crippen LogP contribution in [0.15, 0.2) is 35.2 Å². The highest BCUT2D eigenvalue weighted by atomic mass is 79.9. The summed E-state index contributed by atoms with van der Waals surface area (Å²) in [7, 11) is 1.76. The fourth-order valence-corrected chi connectivity index (χ4v) is 1.67. The van der Waals surface area contributed by atoms with Crippen LogP contribution < -0.4 is 5.32 Å². The zero-order valence-corrected chi connectivity index (χ0v) is 10.1. The first-order valence-corrected chi connectivity index (χ1v) is 5.37. The van der Waals surface area contributed by atoms with E-state index in [-0.39, 0.29) is 5.91 Å². The van der Waals surface area contributed by atoms with Crippen molar-refractivity contribution >= 4 is 27.7 Å². The summed E-state index contributed by atoms with van der Waals surface area (Å²) in [6.45, 7) is 0. The summed E-state index contributed by atoms with van der Waals surface area (Å²) in [5.74, 6) is 0.421. The monoisotopic (exact) mass is 280 g/mol. The molecule has 5 nitrogen and oxygen atoms in total. The molecule has 0 aliphatic rings. The molecule has 2 heterocycles. The first-order valence-electron chi connectivity index (χ1n) is 4.58. The van der Waals surface area contributed by atoms with Gasteiger partial charge in [0.1, 0.15) is 10.4 Å². The van der Waals surface area contributed by atoms with E-state index in [1.165, 1.54) is 0 Å². The van der Waals surface area contributed by atoms with Crippen LogP contribution in [0.4, 0.5) is 5.82 Å². The SMILES string of the molecule is Cn1nccc1NC(=O)c1cccnc1Br. The van der Waals surface area contributed by atoms with Gasteiger partial charge in [-0.3, -0.25) is 9.48 Å². The lowest BCUT2D eigenvalue weighted by atomic mass is 10.3. The Kier molecular flexibility index (Phi) is 3.00. The Labute approximate surface area is 101 Å². The number of aryl methyl sites for hydroxylation is 1. The lowest BCUT2D eigenvalue weighted by Crippen LogP contribution is -2.15. The van der Waals surface area contributed by atoms with E-state index in [9.17, 15) is 4.79 Å². The van der Waals surface area contributed by atoms with E-state index in [4.69, 9.17) is 0 Å². The van der Waals surface area contributed by atoms with E-state index in [0.29, 0.717) is 16.0 Å². The number of aromatic nitrogens is 3. The molecule has 0 spiro atoms. The number of anilines is 1. The number of pyridine rings is 1. The number of carbonyl (C=O) groups excluding carboxylic acids is 1. The van der Waals surface area contributed by atoms with Crippen LogP contribution in [0.2, 0.25) is 0 Å². The molecular formula is C10H9BrN4O. The summed E-state index contributed by atoms with van der Waals surface area (Å²) in [6, 6.07) is 5.13. The normalized spacial score (nSPS) is 10.1. The molecule has 16 heavy (non-hydrogen) atoms. The topological polar surface area (TPSA) is 59.8 Å². The van der Waals surface area contributed by atoms with Gasteiger partial charge < -0.3 is 5.32 Å². The summed E-state index contributed by atoms with van der Waals surface area (Å²) in [6.07, 6.45) is 3.23. The summed E-state index contributed by atoms with van der Waals surface area (Å²) in [4.78, 5) is 15.8. The minimum absolute atomic E-state index is 0.219. The van der Waals surface area contributed by atoms with Gasteiger partial charge in [0, 0.05) is 19.3 Å². The Morgan fingerprint density at radius 2 is 2.25 bits per heavy atom. The maximum Gasteiger partial charge on any atom is 0.259 e. The van der Waals surface area contributed by atoms with Crippen LogP contribution in [-0.4, -0.2) is 20.7 Å². The average Bonchev–Trinajstić information content (AvgIpc) is 2.65. The number of rotatable bonds is 2. The van der Waals surface area contributed by atoms with Gasteiger partial charge in [-0.05, 0) is 28.1 Å². The third-order valence-corrected chi connectivity index (χ3v) is 2.70. The molecule has 0 aliphatic carbocycles. The van der Waals surface area contributed by atoms with Crippen molar-refractivity contribution in [3.63, 3.8) is 0 Å². The third kappa shape index (κ3) is 2.11. The minimum Gasteiger partial charge on any atom is -0.307 e. The quantitative estimate of drug-likeness (QED) is 0.854. The van der Waals surface area contributed by atoms with E-state index in [1.54, 1.807) is 42.3 Å². The van der Waals surface area contributed by atoms with Crippen molar-refractivity contribution in [2.45, 2.75) is 0 Å². The Hall–Kier alpha value is -1.69. The summed E-state index contributed by atoms with van der Waals surface area (Å²) in [5.41, 5.74) is 0.490. The molecular weight excluding hydrogens is 272 g/mol. The van der Waals surface area contributed by atoms with Crippen molar-refractivity contribution in [2.75, 3.05) is 5.32 Å². The largest absolute Gasteiger partial charge is 0.307 e. The average molecular weight is 281 g/mol. The summed E-state index contributed by atoms with van der Waals surface area (Å²) in [5, 5.41) is 6.70. The predicted molar refractivity (Wildman–Crippen MR) is 63.1 cm³/mol. The molecule has 0 radical (unpaired) electrons.